The van der Waals surface area contributed by atoms with E-state index in [-0.39, 0.29) is 23.0 Å². The number of benzene rings is 5. The number of hydrogen-bond acceptors (Lipinski definition) is 4. The fourth-order valence-electron chi connectivity index (χ4n) is 8.08. The van der Waals surface area contributed by atoms with Gasteiger partial charge in [0, 0.05) is 34.9 Å². The lowest BCUT2D eigenvalue weighted by atomic mass is 9.33. The summed E-state index contributed by atoms with van der Waals surface area (Å²) in [5.74, 6) is 1.66. The van der Waals surface area contributed by atoms with Crippen LogP contribution in [-0.2, 0) is 16.2 Å². The average Bonchev–Trinajstić information content (AvgIpc) is 3.33. The molecule has 51 heavy (non-hydrogen) atoms. The van der Waals surface area contributed by atoms with Crippen molar-refractivity contribution in [3.05, 3.63) is 113 Å². The lowest BCUT2D eigenvalue weighted by Gasteiger charge is -2.45. The minimum Gasteiger partial charge on any atom is -0.489 e. The van der Waals surface area contributed by atoms with E-state index in [0.29, 0.717) is 13.2 Å². The predicted molar refractivity (Wildman–Crippen MR) is 217 cm³/mol. The molecule has 5 heteroatoms. The molecule has 3 aliphatic rings. The first-order valence-corrected chi connectivity index (χ1v) is 18.6. The standard InChI is InChI=1S/C46H51BN2O2/c1-29-26-38-41-39(27-29)49(34-19-14-31(15-20-34)45(5,6)7)42-35(21-23-40-43(42)51-25-11-24-50-40)47(41)36-28-32(46(8,9)10)16-22-37(36)48(38)33-17-12-30(13-18-33)44(2,3)4/h12-23,26-28H,11,24-25H2,1-10H3. The van der Waals surface area contributed by atoms with Crippen LogP contribution in [0.1, 0.15) is 91.0 Å². The quantitative estimate of drug-likeness (QED) is 0.171. The molecule has 3 aliphatic heterocycles. The molecule has 0 saturated heterocycles. The number of hydrogen-bond donors (Lipinski definition) is 0. The van der Waals surface area contributed by atoms with Crippen LogP contribution in [0.15, 0.2) is 91.0 Å². The van der Waals surface area contributed by atoms with Gasteiger partial charge in [-0.3, -0.25) is 0 Å². The normalized spacial score (nSPS) is 15.2. The zero-order valence-corrected chi connectivity index (χ0v) is 32.1. The van der Waals surface area contributed by atoms with Gasteiger partial charge in [0.2, 0.25) is 0 Å². The highest BCUT2D eigenvalue weighted by atomic mass is 16.5. The molecule has 0 saturated carbocycles. The monoisotopic (exact) mass is 674 g/mol. The number of anilines is 6. The molecule has 0 aromatic heterocycles. The van der Waals surface area contributed by atoms with Gasteiger partial charge in [0.05, 0.1) is 18.9 Å². The Morgan fingerprint density at radius 3 is 1.65 bits per heavy atom. The van der Waals surface area contributed by atoms with Crippen LogP contribution >= 0.6 is 0 Å². The van der Waals surface area contributed by atoms with E-state index in [9.17, 15) is 0 Å². The largest absolute Gasteiger partial charge is 0.489 e. The molecule has 0 spiro atoms. The first-order chi connectivity index (χ1) is 24.1. The van der Waals surface area contributed by atoms with Gasteiger partial charge >= 0.3 is 0 Å². The molecule has 0 fully saturated rings. The number of aryl methyl sites for hydroxylation is 1. The molecule has 5 aromatic carbocycles. The van der Waals surface area contributed by atoms with Gasteiger partial charge in [-0.2, -0.15) is 0 Å². The van der Waals surface area contributed by atoms with E-state index >= 15 is 0 Å². The SMILES string of the molecule is Cc1cc2c3c(c1)N(c1ccc(C(C)(C)C)cc1)c1c(ccc4c1OCCCO4)B3c1cc(C(C)(C)C)ccc1N2c1ccc(C(C)(C)C)cc1. The van der Waals surface area contributed by atoms with Crippen molar-refractivity contribution in [1.29, 1.82) is 0 Å². The third-order valence-electron chi connectivity index (χ3n) is 10.9. The summed E-state index contributed by atoms with van der Waals surface area (Å²) in [7, 11) is 0. The number of ether oxygens (including phenoxy) is 2. The van der Waals surface area contributed by atoms with Crippen molar-refractivity contribution in [1.82, 2.24) is 0 Å². The summed E-state index contributed by atoms with van der Waals surface area (Å²) < 4.78 is 13.0. The molecule has 4 nitrogen and oxygen atoms in total. The van der Waals surface area contributed by atoms with Gasteiger partial charge in [0.1, 0.15) is 0 Å². The zero-order valence-electron chi connectivity index (χ0n) is 32.1. The number of fused-ring (bicyclic) bond motifs is 6. The lowest BCUT2D eigenvalue weighted by molar-refractivity contribution is 0.297. The molecule has 0 unspecified atom stereocenters. The highest BCUT2D eigenvalue weighted by molar-refractivity contribution is 7.00. The molecule has 0 radical (unpaired) electrons. The molecule has 0 aliphatic carbocycles. The first kappa shape index (κ1) is 33.5. The van der Waals surface area contributed by atoms with Gasteiger partial charge in [-0.15, -0.1) is 0 Å². The Morgan fingerprint density at radius 1 is 0.529 bits per heavy atom. The average molecular weight is 675 g/mol. The predicted octanol–water partition coefficient (Wildman–Crippen LogP) is 10.1. The highest BCUT2D eigenvalue weighted by Crippen LogP contribution is 2.50. The summed E-state index contributed by atoms with van der Waals surface area (Å²) in [5.41, 5.74) is 16.2. The summed E-state index contributed by atoms with van der Waals surface area (Å²) in [5, 5.41) is 0. The Balaban J connectivity index is 1.45. The van der Waals surface area contributed by atoms with E-state index in [2.05, 4.69) is 170 Å². The fourth-order valence-corrected chi connectivity index (χ4v) is 8.08. The van der Waals surface area contributed by atoms with E-state index in [1.807, 2.05) is 0 Å². The topological polar surface area (TPSA) is 24.9 Å². The van der Waals surface area contributed by atoms with Crippen molar-refractivity contribution in [2.45, 2.75) is 91.9 Å². The number of nitrogens with zero attached hydrogens (tertiary/aromatic N) is 2. The van der Waals surface area contributed by atoms with Crippen LogP contribution < -0.4 is 35.7 Å². The maximum Gasteiger partial charge on any atom is 0.252 e. The first-order valence-electron chi connectivity index (χ1n) is 18.6. The Bertz CT molecular complexity index is 2150. The van der Waals surface area contributed by atoms with Gasteiger partial charge in [-0.1, -0.05) is 105 Å². The molecule has 3 heterocycles. The van der Waals surface area contributed by atoms with E-state index < -0.39 is 0 Å². The van der Waals surface area contributed by atoms with E-state index in [1.54, 1.807) is 0 Å². The van der Waals surface area contributed by atoms with Crippen molar-refractivity contribution in [2.24, 2.45) is 0 Å². The summed E-state index contributed by atoms with van der Waals surface area (Å²) in [6.45, 7) is 24.1. The highest BCUT2D eigenvalue weighted by Gasteiger charge is 2.45. The molecule has 0 N–H and O–H groups in total. The van der Waals surface area contributed by atoms with Crippen molar-refractivity contribution >= 4 is 57.2 Å². The van der Waals surface area contributed by atoms with E-state index in [4.69, 9.17) is 9.47 Å². The van der Waals surface area contributed by atoms with Crippen molar-refractivity contribution < 1.29 is 9.47 Å². The van der Waals surface area contributed by atoms with Gasteiger partial charge < -0.3 is 19.3 Å². The van der Waals surface area contributed by atoms with Crippen LogP contribution in [0.25, 0.3) is 0 Å². The van der Waals surface area contributed by atoms with Gasteiger partial charge in [-0.25, -0.2) is 0 Å². The molecule has 8 rings (SSSR count). The minimum absolute atomic E-state index is 0.00630. The zero-order chi connectivity index (χ0) is 36.0. The number of rotatable bonds is 2. The minimum atomic E-state index is -0.00630. The Hall–Kier alpha value is -4.64. The van der Waals surface area contributed by atoms with Crippen LogP contribution in [0, 0.1) is 6.92 Å². The summed E-state index contributed by atoms with van der Waals surface area (Å²) >= 11 is 0. The molecular formula is C46H51BN2O2. The smallest absolute Gasteiger partial charge is 0.252 e. The molecule has 0 atom stereocenters. The van der Waals surface area contributed by atoms with Gasteiger partial charge in [0.25, 0.3) is 6.71 Å². The third kappa shape index (κ3) is 5.61. The van der Waals surface area contributed by atoms with Crippen molar-refractivity contribution in [2.75, 3.05) is 23.0 Å². The lowest BCUT2D eigenvalue weighted by Crippen LogP contribution is -2.61. The van der Waals surface area contributed by atoms with Gasteiger partial charge in [-0.05, 0) is 110 Å². The molecule has 0 bridgehead atoms. The molecule has 5 aromatic rings. The molecule has 260 valence electrons. The van der Waals surface area contributed by atoms with Crippen molar-refractivity contribution in [3.63, 3.8) is 0 Å². The Labute approximate surface area is 305 Å². The summed E-state index contributed by atoms with van der Waals surface area (Å²) in [6.07, 6.45) is 0.855. The van der Waals surface area contributed by atoms with E-state index in [1.165, 1.54) is 61.4 Å². The van der Waals surface area contributed by atoms with Crippen LogP contribution in [0.5, 0.6) is 11.5 Å². The second-order valence-electron chi connectivity index (χ2n) is 17.8. The summed E-state index contributed by atoms with van der Waals surface area (Å²) in [6, 6.07) is 34.7. The summed E-state index contributed by atoms with van der Waals surface area (Å²) in [4.78, 5) is 4.96. The van der Waals surface area contributed by atoms with Crippen LogP contribution in [-0.4, -0.2) is 19.9 Å². The van der Waals surface area contributed by atoms with Crippen LogP contribution in [0.2, 0.25) is 0 Å². The van der Waals surface area contributed by atoms with Gasteiger partial charge in [0.15, 0.2) is 11.5 Å². The maximum absolute atomic E-state index is 6.68. The molecular weight excluding hydrogens is 623 g/mol. The Morgan fingerprint density at radius 2 is 1.06 bits per heavy atom. The Kier molecular flexibility index (Phi) is 7.69. The second-order valence-corrected chi connectivity index (χ2v) is 17.8. The third-order valence-corrected chi connectivity index (χ3v) is 10.9. The van der Waals surface area contributed by atoms with Crippen LogP contribution in [0.3, 0.4) is 0 Å². The second kappa shape index (κ2) is 11.7. The maximum atomic E-state index is 6.68. The van der Waals surface area contributed by atoms with E-state index in [0.717, 1.165) is 29.3 Å². The van der Waals surface area contributed by atoms with Crippen LogP contribution in [0.4, 0.5) is 34.1 Å². The fraction of sp³-hybridized carbons (Fsp3) is 0.348. The molecule has 0 amide bonds. The van der Waals surface area contributed by atoms with Crippen molar-refractivity contribution in [3.8, 4) is 11.5 Å².